The summed E-state index contributed by atoms with van der Waals surface area (Å²) >= 11 is 0. The minimum atomic E-state index is -0.182. The van der Waals surface area contributed by atoms with Gasteiger partial charge in [0.2, 0.25) is 0 Å². The summed E-state index contributed by atoms with van der Waals surface area (Å²) in [6.45, 7) is 0. The van der Waals surface area contributed by atoms with Crippen molar-refractivity contribution in [1.82, 2.24) is 0 Å². The maximum absolute atomic E-state index is 9.05. The Morgan fingerprint density at radius 2 is 1.14 bits per heavy atom. The van der Waals surface area contributed by atoms with E-state index in [1.54, 1.807) is 0 Å². The number of hydrogen-bond acceptors (Lipinski definition) is 2. The molecule has 103 valence electrons. The Kier molecular flexibility index (Phi) is 5.10. The van der Waals surface area contributed by atoms with Crippen LogP contribution in [0.1, 0.15) is 36.8 Å². The molecule has 2 aromatic carbocycles. The van der Waals surface area contributed by atoms with Crippen LogP contribution < -0.4 is 0 Å². The van der Waals surface area contributed by atoms with Gasteiger partial charge in [-0.05, 0) is 35.1 Å². The Morgan fingerprint density at radius 3 is 1.55 bits per heavy atom. The molecule has 0 atom stereocenters. The number of rotatable bonds is 4. The number of fused-ring (bicyclic) bond motifs is 3. The SMILES string of the molecule is N#CCCC1(CCC#N)c2ccccc2-c2ccccc21.[Li]. The van der Waals surface area contributed by atoms with E-state index >= 15 is 0 Å². The Morgan fingerprint density at radius 1 is 0.727 bits per heavy atom. The molecule has 0 amide bonds. The summed E-state index contributed by atoms with van der Waals surface area (Å²) in [6, 6.07) is 21.4. The molecule has 1 aliphatic carbocycles. The molecule has 0 aliphatic heterocycles. The summed E-state index contributed by atoms with van der Waals surface area (Å²) in [5, 5.41) is 18.1. The summed E-state index contributed by atoms with van der Waals surface area (Å²) in [5.41, 5.74) is 4.87. The first-order chi connectivity index (χ1) is 10.3. The van der Waals surface area contributed by atoms with Gasteiger partial charge in [0, 0.05) is 37.1 Å². The molecule has 0 bridgehead atoms. The van der Waals surface area contributed by atoms with Crippen LogP contribution in [0, 0.1) is 22.7 Å². The van der Waals surface area contributed by atoms with E-state index in [9.17, 15) is 0 Å². The van der Waals surface area contributed by atoms with Crippen molar-refractivity contribution in [3.05, 3.63) is 59.7 Å². The molecule has 2 nitrogen and oxygen atoms in total. The fourth-order valence-electron chi connectivity index (χ4n) is 3.62. The van der Waals surface area contributed by atoms with Crippen LogP contribution in [0.5, 0.6) is 0 Å². The molecule has 0 aromatic heterocycles. The second-order valence-corrected chi connectivity index (χ2v) is 5.49. The summed E-state index contributed by atoms with van der Waals surface area (Å²) in [4.78, 5) is 0. The van der Waals surface area contributed by atoms with Crippen LogP contribution in [-0.2, 0) is 5.41 Å². The maximum atomic E-state index is 9.05. The zero-order valence-corrected chi connectivity index (χ0v) is 12.8. The van der Waals surface area contributed by atoms with Crippen molar-refractivity contribution in [3.63, 3.8) is 0 Å². The first kappa shape index (κ1) is 16.4. The average molecular weight is 279 g/mol. The largest absolute Gasteiger partial charge is 0.198 e. The van der Waals surface area contributed by atoms with Crippen LogP contribution in [0.3, 0.4) is 0 Å². The van der Waals surface area contributed by atoms with Gasteiger partial charge in [0.15, 0.2) is 0 Å². The topological polar surface area (TPSA) is 47.6 Å². The third-order valence-corrected chi connectivity index (χ3v) is 4.50. The smallest absolute Gasteiger partial charge is 0.0622 e. The minimum absolute atomic E-state index is 0. The third kappa shape index (κ3) is 2.46. The standard InChI is InChI=1S/C19H16N2.Li/c20-13-5-11-19(12-6-14-21)17-9-3-1-7-15(17)16-8-2-4-10-18(16)19;/h1-4,7-10H,5-6,11-12H2;. The van der Waals surface area contributed by atoms with Crippen molar-refractivity contribution < 1.29 is 0 Å². The van der Waals surface area contributed by atoms with Crippen LogP contribution in [0.2, 0.25) is 0 Å². The van der Waals surface area contributed by atoms with Crippen molar-refractivity contribution in [2.24, 2.45) is 0 Å². The summed E-state index contributed by atoms with van der Waals surface area (Å²) in [5.74, 6) is 0. The normalized spacial score (nSPS) is 13.2. The van der Waals surface area contributed by atoms with Crippen molar-refractivity contribution in [1.29, 1.82) is 10.5 Å². The molecule has 2 aromatic rings. The van der Waals surface area contributed by atoms with Crippen LogP contribution in [0.4, 0.5) is 0 Å². The number of benzene rings is 2. The molecule has 0 spiro atoms. The number of hydrogen-bond donors (Lipinski definition) is 0. The summed E-state index contributed by atoms with van der Waals surface area (Å²) < 4.78 is 0. The molecule has 0 unspecified atom stereocenters. The molecule has 0 fully saturated rings. The van der Waals surface area contributed by atoms with E-state index in [0.29, 0.717) is 12.8 Å². The zero-order chi connectivity index (χ0) is 14.7. The van der Waals surface area contributed by atoms with Gasteiger partial charge in [0.25, 0.3) is 0 Å². The van der Waals surface area contributed by atoms with Crippen LogP contribution in [0.25, 0.3) is 11.1 Å². The van der Waals surface area contributed by atoms with Gasteiger partial charge in [-0.3, -0.25) is 0 Å². The fourth-order valence-corrected chi connectivity index (χ4v) is 3.62. The average Bonchev–Trinajstić information content (AvgIpc) is 2.82. The second-order valence-electron chi connectivity index (χ2n) is 5.49. The third-order valence-electron chi connectivity index (χ3n) is 4.50. The molecule has 22 heavy (non-hydrogen) atoms. The number of nitriles is 2. The van der Waals surface area contributed by atoms with Gasteiger partial charge in [0.1, 0.15) is 0 Å². The second kappa shape index (κ2) is 6.85. The van der Waals surface area contributed by atoms with E-state index in [1.165, 1.54) is 22.3 Å². The number of nitrogens with zero attached hydrogens (tertiary/aromatic N) is 2. The van der Waals surface area contributed by atoms with E-state index < -0.39 is 0 Å². The van der Waals surface area contributed by atoms with Crippen molar-refractivity contribution in [2.45, 2.75) is 31.1 Å². The monoisotopic (exact) mass is 279 g/mol. The Hall–Kier alpha value is -1.98. The van der Waals surface area contributed by atoms with E-state index in [-0.39, 0.29) is 24.3 Å². The predicted octanol–water partition coefficient (Wildman–Crippen LogP) is 4.18. The van der Waals surface area contributed by atoms with E-state index in [1.807, 2.05) is 0 Å². The predicted molar refractivity (Wildman–Crippen MR) is 88.1 cm³/mol. The molecule has 0 saturated heterocycles. The molecule has 0 saturated carbocycles. The van der Waals surface area contributed by atoms with Gasteiger partial charge in [0.05, 0.1) is 12.1 Å². The molecule has 3 rings (SSSR count). The van der Waals surface area contributed by atoms with Gasteiger partial charge in [-0.1, -0.05) is 48.5 Å². The molecule has 0 heterocycles. The van der Waals surface area contributed by atoms with Crippen LogP contribution in [0.15, 0.2) is 48.5 Å². The van der Waals surface area contributed by atoms with Gasteiger partial charge in [-0.25, -0.2) is 0 Å². The van der Waals surface area contributed by atoms with Gasteiger partial charge >= 0.3 is 0 Å². The minimum Gasteiger partial charge on any atom is -0.198 e. The Balaban J connectivity index is 0.00000176. The van der Waals surface area contributed by atoms with E-state index in [0.717, 1.165) is 12.8 Å². The van der Waals surface area contributed by atoms with Crippen molar-refractivity contribution >= 4 is 18.9 Å². The molecule has 3 heteroatoms. The molecule has 1 aliphatic rings. The molecular weight excluding hydrogens is 263 g/mol. The van der Waals surface area contributed by atoms with E-state index in [4.69, 9.17) is 10.5 Å². The van der Waals surface area contributed by atoms with Gasteiger partial charge in [-0.15, -0.1) is 0 Å². The molecule has 1 radical (unpaired) electrons. The molecule has 0 N–H and O–H groups in total. The van der Waals surface area contributed by atoms with Crippen LogP contribution in [-0.4, -0.2) is 18.9 Å². The Labute approximate surface area is 143 Å². The van der Waals surface area contributed by atoms with E-state index in [2.05, 4.69) is 60.7 Å². The van der Waals surface area contributed by atoms with Crippen LogP contribution >= 0.6 is 0 Å². The van der Waals surface area contributed by atoms with Crippen molar-refractivity contribution in [2.75, 3.05) is 0 Å². The maximum Gasteiger partial charge on any atom is 0.0622 e. The Bertz CT molecular complexity index is 687. The van der Waals surface area contributed by atoms with Gasteiger partial charge < -0.3 is 0 Å². The first-order valence-corrected chi connectivity index (χ1v) is 7.27. The zero-order valence-electron chi connectivity index (χ0n) is 12.8. The summed E-state index contributed by atoms with van der Waals surface area (Å²) in [6.07, 6.45) is 2.57. The quantitative estimate of drug-likeness (QED) is 0.788. The van der Waals surface area contributed by atoms with Gasteiger partial charge in [-0.2, -0.15) is 10.5 Å². The summed E-state index contributed by atoms with van der Waals surface area (Å²) in [7, 11) is 0. The van der Waals surface area contributed by atoms with Crippen molar-refractivity contribution in [3.8, 4) is 23.3 Å². The fraction of sp³-hybridized carbons (Fsp3) is 0.263. The molecular formula is C19H16LiN2. The first-order valence-electron chi connectivity index (χ1n) is 7.27.